The molecule has 0 saturated carbocycles. The molecule has 1 aromatic rings. The fourth-order valence-electron chi connectivity index (χ4n) is 1.45. The van der Waals surface area contributed by atoms with Crippen molar-refractivity contribution in [2.75, 3.05) is 18.5 Å². The van der Waals surface area contributed by atoms with Crippen molar-refractivity contribution in [3.05, 3.63) is 29.3 Å². The fourth-order valence-corrected chi connectivity index (χ4v) is 1.45. The molecule has 2 rings (SSSR count). The summed E-state index contributed by atoms with van der Waals surface area (Å²) in [4.78, 5) is 10.8. The topological polar surface area (TPSA) is 58.6 Å². The molecule has 0 aliphatic carbocycles. The zero-order valence-electron chi connectivity index (χ0n) is 8.49. The van der Waals surface area contributed by atoms with Crippen LogP contribution in [0.2, 0.25) is 0 Å². The first-order chi connectivity index (χ1) is 7.16. The lowest BCUT2D eigenvalue weighted by Gasteiger charge is -2.28. The van der Waals surface area contributed by atoms with Crippen molar-refractivity contribution in [3.8, 4) is 0 Å². The highest BCUT2D eigenvalue weighted by Gasteiger charge is 2.18. The monoisotopic (exact) mass is 207 g/mol. The molecule has 0 amide bonds. The van der Waals surface area contributed by atoms with E-state index in [0.717, 1.165) is 11.3 Å². The molecule has 0 atom stereocenters. The number of aryl methyl sites for hydroxylation is 1. The summed E-state index contributed by atoms with van der Waals surface area (Å²) in [5.74, 6) is -0.900. The van der Waals surface area contributed by atoms with E-state index in [1.165, 1.54) is 0 Å². The normalized spacial score (nSPS) is 15.8. The number of hydrogen-bond acceptors (Lipinski definition) is 3. The summed E-state index contributed by atoms with van der Waals surface area (Å²) in [6.07, 6.45) is 0. The molecule has 4 nitrogen and oxygen atoms in total. The molecule has 1 aliphatic rings. The maximum absolute atomic E-state index is 10.8. The Morgan fingerprint density at radius 2 is 2.27 bits per heavy atom. The Hall–Kier alpha value is -1.55. The van der Waals surface area contributed by atoms with Crippen LogP contribution in [0, 0.1) is 6.92 Å². The molecule has 2 N–H and O–H groups in total. The van der Waals surface area contributed by atoms with Gasteiger partial charge in [0.25, 0.3) is 0 Å². The smallest absolute Gasteiger partial charge is 0.335 e. The van der Waals surface area contributed by atoms with E-state index < -0.39 is 5.97 Å². The van der Waals surface area contributed by atoms with Crippen LogP contribution in [0.25, 0.3) is 0 Å². The predicted molar refractivity (Wildman–Crippen MR) is 56.4 cm³/mol. The second-order valence-electron chi connectivity index (χ2n) is 3.71. The van der Waals surface area contributed by atoms with E-state index in [1.807, 2.05) is 13.0 Å². The number of aromatic carboxylic acids is 1. The maximum atomic E-state index is 10.8. The molecule has 1 aromatic carbocycles. The number of carboxylic acid groups (broad SMARTS) is 1. The molecular weight excluding hydrogens is 194 g/mol. The van der Waals surface area contributed by atoms with Gasteiger partial charge in [-0.3, -0.25) is 0 Å². The van der Waals surface area contributed by atoms with Gasteiger partial charge in [-0.2, -0.15) is 0 Å². The van der Waals surface area contributed by atoms with Crippen LogP contribution in [0.15, 0.2) is 18.2 Å². The Kier molecular flexibility index (Phi) is 2.60. The number of benzene rings is 1. The molecule has 1 heterocycles. The molecule has 1 fully saturated rings. The quantitative estimate of drug-likeness (QED) is 0.788. The number of nitrogens with one attached hydrogen (secondary N) is 1. The summed E-state index contributed by atoms with van der Waals surface area (Å²) in [6, 6.07) is 5.40. The van der Waals surface area contributed by atoms with Crippen molar-refractivity contribution < 1.29 is 14.6 Å². The highest BCUT2D eigenvalue weighted by molar-refractivity contribution is 5.89. The first-order valence-electron chi connectivity index (χ1n) is 4.85. The van der Waals surface area contributed by atoms with E-state index in [2.05, 4.69) is 5.32 Å². The Labute approximate surface area is 87.9 Å². The number of anilines is 1. The molecule has 80 valence electrons. The SMILES string of the molecule is Cc1ccc(C(=O)O)cc1NC1COC1. The molecular formula is C11H13NO3. The summed E-state index contributed by atoms with van der Waals surface area (Å²) in [5, 5.41) is 12.1. The number of carbonyl (C=O) groups is 1. The van der Waals surface area contributed by atoms with Gasteiger partial charge in [-0.25, -0.2) is 4.79 Å². The Morgan fingerprint density at radius 1 is 1.53 bits per heavy atom. The van der Waals surface area contributed by atoms with Crippen molar-refractivity contribution in [1.82, 2.24) is 0 Å². The molecule has 1 saturated heterocycles. The average Bonchev–Trinajstić information content (AvgIpc) is 2.13. The third kappa shape index (κ3) is 2.10. The van der Waals surface area contributed by atoms with E-state index in [-0.39, 0.29) is 0 Å². The Balaban J connectivity index is 2.19. The summed E-state index contributed by atoms with van der Waals surface area (Å²) in [5.41, 5.74) is 2.23. The van der Waals surface area contributed by atoms with Crippen molar-refractivity contribution in [2.45, 2.75) is 13.0 Å². The second-order valence-corrected chi connectivity index (χ2v) is 3.71. The van der Waals surface area contributed by atoms with Crippen molar-refractivity contribution >= 4 is 11.7 Å². The lowest BCUT2D eigenvalue weighted by atomic mass is 10.1. The number of carboxylic acids is 1. The molecule has 0 bridgehead atoms. The van der Waals surface area contributed by atoms with Crippen LogP contribution in [0.1, 0.15) is 15.9 Å². The largest absolute Gasteiger partial charge is 0.478 e. The average molecular weight is 207 g/mol. The standard InChI is InChI=1S/C11H13NO3/c1-7-2-3-8(11(13)14)4-10(7)12-9-5-15-6-9/h2-4,9,12H,5-6H2,1H3,(H,13,14). The number of hydrogen-bond donors (Lipinski definition) is 2. The van der Waals surface area contributed by atoms with Gasteiger partial charge in [-0.05, 0) is 24.6 Å². The van der Waals surface area contributed by atoms with E-state index >= 15 is 0 Å². The van der Waals surface area contributed by atoms with Gasteiger partial charge >= 0.3 is 5.97 Å². The van der Waals surface area contributed by atoms with Crippen LogP contribution < -0.4 is 5.32 Å². The van der Waals surface area contributed by atoms with Gasteiger partial charge in [0.2, 0.25) is 0 Å². The van der Waals surface area contributed by atoms with Gasteiger partial charge in [0.05, 0.1) is 24.8 Å². The predicted octanol–water partition coefficient (Wildman–Crippen LogP) is 1.50. The Bertz CT molecular complexity index is 385. The first-order valence-corrected chi connectivity index (χ1v) is 4.85. The molecule has 4 heteroatoms. The van der Waals surface area contributed by atoms with Crippen LogP contribution in [-0.2, 0) is 4.74 Å². The van der Waals surface area contributed by atoms with Crippen LogP contribution in [0.4, 0.5) is 5.69 Å². The van der Waals surface area contributed by atoms with E-state index in [4.69, 9.17) is 9.84 Å². The van der Waals surface area contributed by atoms with Gasteiger partial charge in [-0.1, -0.05) is 6.07 Å². The Morgan fingerprint density at radius 3 is 2.80 bits per heavy atom. The van der Waals surface area contributed by atoms with E-state index in [1.54, 1.807) is 12.1 Å². The first kappa shape index (κ1) is 9.98. The maximum Gasteiger partial charge on any atom is 0.335 e. The minimum atomic E-state index is -0.900. The summed E-state index contributed by atoms with van der Waals surface area (Å²) >= 11 is 0. The van der Waals surface area contributed by atoms with Gasteiger partial charge < -0.3 is 15.2 Å². The fraction of sp³-hybridized carbons (Fsp3) is 0.364. The minimum Gasteiger partial charge on any atom is -0.478 e. The highest BCUT2D eigenvalue weighted by Crippen LogP contribution is 2.19. The minimum absolute atomic E-state index is 0.309. The zero-order chi connectivity index (χ0) is 10.8. The molecule has 0 radical (unpaired) electrons. The summed E-state index contributed by atoms with van der Waals surface area (Å²) in [6.45, 7) is 3.33. The molecule has 0 unspecified atom stereocenters. The van der Waals surface area contributed by atoms with Crippen molar-refractivity contribution in [1.29, 1.82) is 0 Å². The van der Waals surface area contributed by atoms with Gasteiger partial charge in [0.1, 0.15) is 0 Å². The van der Waals surface area contributed by atoms with Crippen molar-refractivity contribution in [3.63, 3.8) is 0 Å². The van der Waals surface area contributed by atoms with E-state index in [0.29, 0.717) is 24.8 Å². The third-order valence-electron chi connectivity index (χ3n) is 2.48. The zero-order valence-corrected chi connectivity index (χ0v) is 8.49. The molecule has 0 spiro atoms. The molecule has 0 aromatic heterocycles. The number of rotatable bonds is 3. The van der Waals surface area contributed by atoms with Gasteiger partial charge in [0, 0.05) is 5.69 Å². The lowest BCUT2D eigenvalue weighted by Crippen LogP contribution is -2.40. The van der Waals surface area contributed by atoms with Crippen LogP contribution in [-0.4, -0.2) is 30.3 Å². The number of ether oxygens (including phenoxy) is 1. The highest BCUT2D eigenvalue weighted by atomic mass is 16.5. The van der Waals surface area contributed by atoms with Crippen molar-refractivity contribution in [2.24, 2.45) is 0 Å². The second kappa shape index (κ2) is 3.90. The third-order valence-corrected chi connectivity index (χ3v) is 2.48. The molecule has 15 heavy (non-hydrogen) atoms. The van der Waals surface area contributed by atoms with E-state index in [9.17, 15) is 4.79 Å². The van der Waals surface area contributed by atoms with Crippen LogP contribution in [0.3, 0.4) is 0 Å². The summed E-state index contributed by atoms with van der Waals surface area (Å²) < 4.78 is 5.05. The molecule has 1 aliphatic heterocycles. The van der Waals surface area contributed by atoms with Crippen LogP contribution in [0.5, 0.6) is 0 Å². The summed E-state index contributed by atoms with van der Waals surface area (Å²) in [7, 11) is 0. The lowest BCUT2D eigenvalue weighted by molar-refractivity contribution is 0.0211. The van der Waals surface area contributed by atoms with Gasteiger partial charge in [0.15, 0.2) is 0 Å². The van der Waals surface area contributed by atoms with Gasteiger partial charge in [-0.15, -0.1) is 0 Å². The van der Waals surface area contributed by atoms with Crippen LogP contribution >= 0.6 is 0 Å².